The first-order chi connectivity index (χ1) is 12.4. The number of carbonyl (C=O) groups is 2. The van der Waals surface area contributed by atoms with Crippen molar-refractivity contribution in [2.24, 2.45) is 11.7 Å². The molecule has 0 aliphatic rings. The Morgan fingerprint density at radius 3 is 2.42 bits per heavy atom. The molecule has 7 heteroatoms. The minimum atomic E-state index is -0.641. The summed E-state index contributed by atoms with van der Waals surface area (Å²) >= 11 is 0. The summed E-state index contributed by atoms with van der Waals surface area (Å²) in [4.78, 5) is 23.1. The number of carbonyl (C=O) groups excluding carboxylic acids is 2. The maximum atomic E-state index is 11.6. The van der Waals surface area contributed by atoms with Gasteiger partial charge in [0, 0.05) is 11.1 Å². The number of para-hydroxylation sites is 1. The summed E-state index contributed by atoms with van der Waals surface area (Å²) in [5.41, 5.74) is 4.64. The fraction of sp³-hybridized carbons (Fsp3) is 0.263. The van der Waals surface area contributed by atoms with Gasteiger partial charge in [-0.1, -0.05) is 44.2 Å². The molecule has 0 bridgehead atoms. The molecule has 0 aliphatic heterocycles. The molecule has 2 aromatic carbocycles. The van der Waals surface area contributed by atoms with E-state index in [1.807, 2.05) is 38.3 Å². The second-order valence-corrected chi connectivity index (χ2v) is 5.27. The number of nitrogens with one attached hydrogen (secondary N) is 1. The van der Waals surface area contributed by atoms with E-state index in [1.54, 1.807) is 30.3 Å². The third-order valence-corrected chi connectivity index (χ3v) is 3.57. The number of benzene rings is 2. The largest absolute Gasteiger partial charge is 0.489 e. The Balaban J connectivity index is 0.00000163. The van der Waals surface area contributed by atoms with Gasteiger partial charge in [-0.3, -0.25) is 10.2 Å². The molecular formula is C19H26N4O3. The SMILES string of the molecule is CC.CC(=O)c1ccc(C)c(OCc2ccccc2N(N)C(=O)NN)c1. The van der Waals surface area contributed by atoms with Crippen LogP contribution in [0.25, 0.3) is 0 Å². The van der Waals surface area contributed by atoms with Gasteiger partial charge in [0.2, 0.25) is 0 Å². The number of rotatable bonds is 5. The summed E-state index contributed by atoms with van der Waals surface area (Å²) in [6.07, 6.45) is 0. The van der Waals surface area contributed by atoms with E-state index < -0.39 is 6.03 Å². The molecule has 0 spiro atoms. The van der Waals surface area contributed by atoms with E-state index in [0.29, 0.717) is 22.6 Å². The smallest absolute Gasteiger partial charge is 0.350 e. The lowest BCUT2D eigenvalue weighted by Gasteiger charge is -2.20. The van der Waals surface area contributed by atoms with Crippen LogP contribution in [-0.4, -0.2) is 11.8 Å². The third-order valence-electron chi connectivity index (χ3n) is 3.57. The highest BCUT2D eigenvalue weighted by atomic mass is 16.5. The maximum absolute atomic E-state index is 11.6. The summed E-state index contributed by atoms with van der Waals surface area (Å²) in [5, 5.41) is 0.914. The monoisotopic (exact) mass is 358 g/mol. The Morgan fingerprint density at radius 1 is 1.15 bits per heavy atom. The van der Waals surface area contributed by atoms with Crippen LogP contribution in [-0.2, 0) is 6.61 Å². The highest BCUT2D eigenvalue weighted by molar-refractivity contribution is 5.94. The molecule has 2 rings (SSSR count). The molecule has 0 radical (unpaired) electrons. The van der Waals surface area contributed by atoms with E-state index >= 15 is 0 Å². The summed E-state index contributed by atoms with van der Waals surface area (Å²) in [6.45, 7) is 7.58. The zero-order valence-corrected chi connectivity index (χ0v) is 15.6. The van der Waals surface area contributed by atoms with Crippen molar-refractivity contribution in [3.63, 3.8) is 0 Å². The lowest BCUT2D eigenvalue weighted by atomic mass is 10.1. The van der Waals surface area contributed by atoms with Crippen molar-refractivity contribution in [1.29, 1.82) is 0 Å². The standard InChI is InChI=1S/C17H20N4O3.C2H6/c1-11-7-8-13(12(2)22)9-16(11)24-10-14-5-3-4-6-15(14)21(19)17(23)20-18;1-2/h3-9H,10,18-19H2,1-2H3,(H,20,23);1-2H3. The first kappa shape index (κ1) is 21.1. The topological polar surface area (TPSA) is 111 Å². The second-order valence-electron chi connectivity index (χ2n) is 5.27. The summed E-state index contributed by atoms with van der Waals surface area (Å²) in [7, 11) is 0. The number of nitrogens with two attached hydrogens (primary N) is 2. The van der Waals surface area contributed by atoms with E-state index in [4.69, 9.17) is 16.4 Å². The lowest BCUT2D eigenvalue weighted by molar-refractivity contribution is 0.101. The van der Waals surface area contributed by atoms with Crippen LogP contribution in [0, 0.1) is 6.92 Å². The zero-order chi connectivity index (χ0) is 19.7. The van der Waals surface area contributed by atoms with Gasteiger partial charge in [0.05, 0.1) is 5.69 Å². The Hall–Kier alpha value is -2.90. The van der Waals surface area contributed by atoms with Gasteiger partial charge in [0.25, 0.3) is 0 Å². The number of ketones is 1. The molecule has 0 fully saturated rings. The molecule has 0 atom stereocenters. The number of Topliss-reactive ketones (excluding diaryl/α,β-unsaturated/α-hetero) is 1. The van der Waals surface area contributed by atoms with Crippen molar-refractivity contribution < 1.29 is 14.3 Å². The van der Waals surface area contributed by atoms with Crippen LogP contribution in [0.4, 0.5) is 10.5 Å². The van der Waals surface area contributed by atoms with Crippen molar-refractivity contribution in [2.45, 2.75) is 34.3 Å². The first-order valence-corrected chi connectivity index (χ1v) is 8.31. The van der Waals surface area contributed by atoms with Crippen LogP contribution in [0.5, 0.6) is 5.75 Å². The van der Waals surface area contributed by atoms with Gasteiger partial charge in [-0.2, -0.15) is 0 Å². The Bertz CT molecular complexity index is 762. The van der Waals surface area contributed by atoms with Crippen molar-refractivity contribution in [2.75, 3.05) is 5.01 Å². The summed E-state index contributed by atoms with van der Waals surface area (Å²) in [6, 6.07) is 11.7. The van der Waals surface area contributed by atoms with Gasteiger partial charge in [-0.25, -0.2) is 21.5 Å². The highest BCUT2D eigenvalue weighted by Crippen LogP contribution is 2.24. The fourth-order valence-electron chi connectivity index (χ4n) is 2.18. The number of ether oxygens (including phenoxy) is 1. The second kappa shape index (κ2) is 10.2. The first-order valence-electron chi connectivity index (χ1n) is 8.31. The number of aryl methyl sites for hydroxylation is 1. The van der Waals surface area contributed by atoms with Gasteiger partial charge in [0.1, 0.15) is 12.4 Å². The molecule has 2 aromatic rings. The van der Waals surface area contributed by atoms with Crippen molar-refractivity contribution in [1.82, 2.24) is 5.43 Å². The highest BCUT2D eigenvalue weighted by Gasteiger charge is 2.14. The predicted octanol–water partition coefficient (Wildman–Crippen LogP) is 3.07. The number of hydrazine groups is 2. The summed E-state index contributed by atoms with van der Waals surface area (Å²) < 4.78 is 5.82. The molecule has 0 aliphatic carbocycles. The molecule has 0 unspecified atom stereocenters. The van der Waals surface area contributed by atoms with Gasteiger partial charge < -0.3 is 4.74 Å². The number of urea groups is 1. The average Bonchev–Trinajstić information content (AvgIpc) is 2.67. The summed E-state index contributed by atoms with van der Waals surface area (Å²) in [5.74, 6) is 11.4. The predicted molar refractivity (Wildman–Crippen MR) is 103 cm³/mol. The van der Waals surface area contributed by atoms with E-state index in [-0.39, 0.29) is 12.4 Å². The van der Waals surface area contributed by atoms with Crippen LogP contribution in [0.3, 0.4) is 0 Å². The molecule has 140 valence electrons. The maximum Gasteiger partial charge on any atom is 0.350 e. The van der Waals surface area contributed by atoms with Gasteiger partial charge >= 0.3 is 6.03 Å². The van der Waals surface area contributed by atoms with Crippen molar-refractivity contribution >= 4 is 17.5 Å². The molecule has 0 heterocycles. The molecule has 7 nitrogen and oxygen atoms in total. The molecule has 5 N–H and O–H groups in total. The number of anilines is 1. The minimum absolute atomic E-state index is 0.0343. The van der Waals surface area contributed by atoms with E-state index in [2.05, 4.69) is 0 Å². The lowest BCUT2D eigenvalue weighted by Crippen LogP contribution is -2.48. The molecular weight excluding hydrogens is 332 g/mol. The zero-order valence-electron chi connectivity index (χ0n) is 15.6. The minimum Gasteiger partial charge on any atom is -0.489 e. The molecule has 2 amide bonds. The van der Waals surface area contributed by atoms with E-state index in [9.17, 15) is 9.59 Å². The molecule has 26 heavy (non-hydrogen) atoms. The van der Waals surface area contributed by atoms with Crippen LogP contribution >= 0.6 is 0 Å². The molecule has 0 saturated heterocycles. The quantitative estimate of drug-likeness (QED) is 0.329. The van der Waals surface area contributed by atoms with Crippen molar-refractivity contribution in [3.8, 4) is 5.75 Å². The number of hydrogen-bond donors (Lipinski definition) is 3. The van der Waals surface area contributed by atoms with Gasteiger partial charge in [-0.05, 0) is 31.5 Å². The number of hydrogen-bond acceptors (Lipinski definition) is 5. The van der Waals surface area contributed by atoms with Crippen LogP contribution < -0.4 is 26.9 Å². The fourth-order valence-corrected chi connectivity index (χ4v) is 2.18. The molecule has 0 aromatic heterocycles. The van der Waals surface area contributed by atoms with E-state index in [1.165, 1.54) is 6.92 Å². The van der Waals surface area contributed by atoms with Crippen LogP contribution in [0.2, 0.25) is 0 Å². The molecule has 0 saturated carbocycles. The van der Waals surface area contributed by atoms with Crippen molar-refractivity contribution in [3.05, 3.63) is 59.2 Å². The Morgan fingerprint density at radius 2 is 1.81 bits per heavy atom. The third kappa shape index (κ3) is 5.30. The van der Waals surface area contributed by atoms with Gasteiger partial charge in [0.15, 0.2) is 5.78 Å². The number of nitrogens with zero attached hydrogens (tertiary/aromatic N) is 1. The average molecular weight is 358 g/mol. The van der Waals surface area contributed by atoms with E-state index in [0.717, 1.165) is 10.6 Å². The van der Waals surface area contributed by atoms with Crippen LogP contribution in [0.15, 0.2) is 42.5 Å². The van der Waals surface area contributed by atoms with Crippen LogP contribution in [0.1, 0.15) is 42.3 Å². The Labute approximate surface area is 153 Å². The Kier molecular flexibility index (Phi) is 8.27. The normalized spacial score (nSPS) is 9.62. The number of amides is 2. The van der Waals surface area contributed by atoms with Gasteiger partial charge in [-0.15, -0.1) is 0 Å².